The van der Waals surface area contributed by atoms with Crippen LogP contribution in [0.5, 0.6) is 0 Å². The monoisotopic (exact) mass is 253 g/mol. The van der Waals surface area contributed by atoms with Crippen LogP contribution in [0.4, 0.5) is 0 Å². The SMILES string of the molecule is COC1=C(C)C(=O)C(NCCCC(=O)O)=CC1=O. The number of hydrogen-bond acceptors (Lipinski definition) is 5. The zero-order valence-corrected chi connectivity index (χ0v) is 10.3. The highest BCUT2D eigenvalue weighted by molar-refractivity contribution is 6.21. The van der Waals surface area contributed by atoms with Crippen LogP contribution in [-0.4, -0.2) is 36.3 Å². The zero-order chi connectivity index (χ0) is 13.7. The maximum atomic E-state index is 11.8. The van der Waals surface area contributed by atoms with E-state index in [1.54, 1.807) is 0 Å². The Labute approximate surface area is 104 Å². The molecule has 1 rings (SSSR count). The number of rotatable bonds is 6. The second-order valence-electron chi connectivity index (χ2n) is 3.83. The lowest BCUT2D eigenvalue weighted by molar-refractivity contribution is -0.137. The first-order valence-electron chi connectivity index (χ1n) is 5.48. The fourth-order valence-electron chi connectivity index (χ4n) is 1.60. The molecular formula is C12H15NO5. The van der Waals surface area contributed by atoms with E-state index < -0.39 is 5.97 Å². The normalized spacial score (nSPS) is 15.6. The molecule has 0 spiro atoms. The fraction of sp³-hybridized carbons (Fsp3) is 0.417. The van der Waals surface area contributed by atoms with Crippen molar-refractivity contribution in [3.8, 4) is 0 Å². The van der Waals surface area contributed by atoms with Gasteiger partial charge in [-0.2, -0.15) is 0 Å². The quantitative estimate of drug-likeness (QED) is 0.525. The molecule has 2 N–H and O–H groups in total. The molecule has 0 saturated carbocycles. The van der Waals surface area contributed by atoms with Crippen LogP contribution in [0.1, 0.15) is 19.8 Å². The van der Waals surface area contributed by atoms with Gasteiger partial charge in [-0.05, 0) is 13.3 Å². The van der Waals surface area contributed by atoms with Crippen molar-refractivity contribution in [2.24, 2.45) is 0 Å². The molecule has 0 amide bonds. The summed E-state index contributed by atoms with van der Waals surface area (Å²) in [6, 6.07) is 0. The van der Waals surface area contributed by atoms with Crippen LogP contribution in [-0.2, 0) is 19.1 Å². The highest BCUT2D eigenvalue weighted by Gasteiger charge is 2.26. The molecule has 0 radical (unpaired) electrons. The molecule has 0 heterocycles. The van der Waals surface area contributed by atoms with Gasteiger partial charge in [0.1, 0.15) is 0 Å². The molecule has 0 unspecified atom stereocenters. The maximum absolute atomic E-state index is 11.8. The van der Waals surface area contributed by atoms with Gasteiger partial charge in [-0.25, -0.2) is 0 Å². The number of methoxy groups -OCH3 is 1. The van der Waals surface area contributed by atoms with E-state index in [1.807, 2.05) is 0 Å². The maximum Gasteiger partial charge on any atom is 0.303 e. The number of carbonyl (C=O) groups is 3. The molecule has 0 bridgehead atoms. The number of aliphatic carboxylic acids is 1. The number of nitrogens with one attached hydrogen (secondary N) is 1. The summed E-state index contributed by atoms with van der Waals surface area (Å²) in [5, 5.41) is 11.2. The summed E-state index contributed by atoms with van der Waals surface area (Å²) < 4.78 is 4.85. The van der Waals surface area contributed by atoms with E-state index in [0.29, 0.717) is 13.0 Å². The van der Waals surface area contributed by atoms with E-state index in [-0.39, 0.29) is 35.0 Å². The molecule has 0 aromatic heterocycles. The molecule has 1 aliphatic carbocycles. The number of Topliss-reactive ketones (excluding diaryl/α,β-unsaturated/α-hetero) is 1. The molecule has 0 fully saturated rings. The number of allylic oxidation sites excluding steroid dienone is 2. The highest BCUT2D eigenvalue weighted by Crippen LogP contribution is 2.17. The van der Waals surface area contributed by atoms with Gasteiger partial charge in [-0.15, -0.1) is 0 Å². The molecule has 0 atom stereocenters. The summed E-state index contributed by atoms with van der Waals surface area (Å²) in [6.45, 7) is 1.84. The number of carbonyl (C=O) groups excluding carboxylic acids is 2. The number of hydrogen-bond donors (Lipinski definition) is 2. The van der Waals surface area contributed by atoms with Gasteiger partial charge in [0.15, 0.2) is 5.76 Å². The van der Waals surface area contributed by atoms with Crippen molar-refractivity contribution < 1.29 is 24.2 Å². The first kappa shape index (κ1) is 14.0. The van der Waals surface area contributed by atoms with Crippen molar-refractivity contribution in [3.63, 3.8) is 0 Å². The van der Waals surface area contributed by atoms with Gasteiger partial charge in [0.25, 0.3) is 0 Å². The third-order valence-corrected chi connectivity index (χ3v) is 2.51. The third kappa shape index (κ3) is 3.19. The molecule has 0 saturated heterocycles. The molecule has 98 valence electrons. The number of ketones is 2. The lowest BCUT2D eigenvalue weighted by Crippen LogP contribution is -2.28. The van der Waals surface area contributed by atoms with Gasteiger partial charge < -0.3 is 15.2 Å². The molecule has 0 aromatic rings. The summed E-state index contributed by atoms with van der Waals surface area (Å²) >= 11 is 0. The molecule has 18 heavy (non-hydrogen) atoms. The predicted octanol–water partition coefficient (Wildman–Crippen LogP) is 0.397. The Morgan fingerprint density at radius 1 is 1.44 bits per heavy atom. The van der Waals surface area contributed by atoms with Gasteiger partial charge in [0.05, 0.1) is 12.8 Å². The van der Waals surface area contributed by atoms with Crippen molar-refractivity contribution >= 4 is 17.5 Å². The minimum atomic E-state index is -0.894. The average molecular weight is 253 g/mol. The molecule has 0 aromatic carbocycles. The average Bonchev–Trinajstić information content (AvgIpc) is 2.31. The minimum absolute atomic E-state index is 0.0144. The molecule has 6 heteroatoms. The van der Waals surface area contributed by atoms with E-state index in [0.717, 1.165) is 0 Å². The van der Waals surface area contributed by atoms with E-state index in [4.69, 9.17) is 9.84 Å². The first-order chi connectivity index (χ1) is 8.47. The van der Waals surface area contributed by atoms with E-state index in [1.165, 1.54) is 20.1 Å². The Bertz CT molecular complexity index is 447. The second kappa shape index (κ2) is 6.00. The summed E-state index contributed by atoms with van der Waals surface area (Å²) in [4.78, 5) is 33.7. The Balaban J connectivity index is 2.61. The summed E-state index contributed by atoms with van der Waals surface area (Å²) in [5.41, 5.74) is 0.439. The van der Waals surface area contributed by atoms with Gasteiger partial charge in [-0.3, -0.25) is 14.4 Å². The Hall–Kier alpha value is -2.11. The number of carboxylic acids is 1. The lowest BCUT2D eigenvalue weighted by Gasteiger charge is -2.16. The highest BCUT2D eigenvalue weighted by atomic mass is 16.5. The van der Waals surface area contributed by atoms with Crippen LogP contribution in [0.3, 0.4) is 0 Å². The molecule has 1 aliphatic rings. The van der Waals surface area contributed by atoms with E-state index in [2.05, 4.69) is 5.32 Å². The lowest BCUT2D eigenvalue weighted by atomic mass is 10.00. The van der Waals surface area contributed by atoms with Gasteiger partial charge >= 0.3 is 5.97 Å². The number of carboxylic acid groups (broad SMARTS) is 1. The molecule has 6 nitrogen and oxygen atoms in total. The van der Waals surface area contributed by atoms with Crippen molar-refractivity contribution in [2.45, 2.75) is 19.8 Å². The van der Waals surface area contributed by atoms with Gasteiger partial charge in [0, 0.05) is 24.6 Å². The summed E-state index contributed by atoms with van der Waals surface area (Å²) in [5.74, 6) is -1.51. The van der Waals surface area contributed by atoms with E-state index >= 15 is 0 Å². The third-order valence-electron chi connectivity index (χ3n) is 2.51. The van der Waals surface area contributed by atoms with Gasteiger partial charge in [0.2, 0.25) is 11.6 Å². The van der Waals surface area contributed by atoms with Crippen LogP contribution >= 0.6 is 0 Å². The van der Waals surface area contributed by atoms with Crippen molar-refractivity contribution in [2.75, 3.05) is 13.7 Å². The first-order valence-corrected chi connectivity index (χ1v) is 5.48. The molecule has 0 aliphatic heterocycles. The smallest absolute Gasteiger partial charge is 0.303 e. The van der Waals surface area contributed by atoms with Crippen LogP contribution in [0, 0.1) is 0 Å². The van der Waals surface area contributed by atoms with E-state index in [9.17, 15) is 14.4 Å². The van der Waals surface area contributed by atoms with Crippen LogP contribution in [0.25, 0.3) is 0 Å². The standard InChI is InChI=1S/C12H15NO5/c1-7-11(17)8(6-9(14)12(7)18-2)13-5-3-4-10(15)16/h6,13H,3-5H2,1-2H3,(H,15,16). The zero-order valence-electron chi connectivity index (χ0n) is 10.3. The number of ether oxygens (including phenoxy) is 1. The molecular weight excluding hydrogens is 238 g/mol. The Morgan fingerprint density at radius 3 is 2.67 bits per heavy atom. The van der Waals surface area contributed by atoms with Gasteiger partial charge in [-0.1, -0.05) is 0 Å². The predicted molar refractivity (Wildman–Crippen MR) is 62.7 cm³/mol. The van der Waals surface area contributed by atoms with Crippen molar-refractivity contribution in [3.05, 3.63) is 23.1 Å². The van der Waals surface area contributed by atoms with Crippen LogP contribution in [0.2, 0.25) is 0 Å². The summed E-state index contributed by atoms with van der Waals surface area (Å²) in [6.07, 6.45) is 1.57. The summed E-state index contributed by atoms with van der Waals surface area (Å²) in [7, 11) is 1.34. The van der Waals surface area contributed by atoms with Crippen molar-refractivity contribution in [1.29, 1.82) is 0 Å². The van der Waals surface area contributed by atoms with Crippen LogP contribution in [0.15, 0.2) is 23.1 Å². The Morgan fingerprint density at radius 2 is 2.11 bits per heavy atom. The second-order valence-corrected chi connectivity index (χ2v) is 3.83. The minimum Gasteiger partial charge on any atom is -0.492 e. The Kier molecular flexibility index (Phi) is 4.65. The van der Waals surface area contributed by atoms with Crippen molar-refractivity contribution in [1.82, 2.24) is 5.32 Å². The fourth-order valence-corrected chi connectivity index (χ4v) is 1.60. The largest absolute Gasteiger partial charge is 0.492 e. The van der Waals surface area contributed by atoms with Crippen LogP contribution < -0.4 is 5.32 Å². The topological polar surface area (TPSA) is 92.7 Å².